The summed E-state index contributed by atoms with van der Waals surface area (Å²) in [5.74, 6) is -0.683. The highest BCUT2D eigenvalue weighted by molar-refractivity contribution is 6.00. The maximum absolute atomic E-state index is 12.0. The highest BCUT2D eigenvalue weighted by Gasteiger charge is 2.09. The van der Waals surface area contributed by atoms with Crippen molar-refractivity contribution in [2.24, 2.45) is 5.10 Å². The van der Waals surface area contributed by atoms with E-state index >= 15 is 0 Å². The predicted octanol–water partition coefficient (Wildman–Crippen LogP) is 3.47. The maximum Gasteiger partial charge on any atom is 0.270 e. The van der Waals surface area contributed by atoms with E-state index in [1.165, 1.54) is 12.1 Å². The smallest absolute Gasteiger partial charge is 0.270 e. The lowest BCUT2D eigenvalue weighted by molar-refractivity contribution is -0.384. The van der Waals surface area contributed by atoms with Gasteiger partial charge >= 0.3 is 0 Å². The standard InChI is InChI=1S/C20H22N4O4/c1-13-7-8-17(11-14(13)2)21-19(25)9-10-20(26)23-22-15(3)16-5-4-6-18(12-16)24(27)28/h4-8,11-12H,9-10H2,1-3H3,(H,21,25)(H,23,26)/b22-15+. The van der Waals surface area contributed by atoms with Gasteiger partial charge in [0.2, 0.25) is 11.8 Å². The van der Waals surface area contributed by atoms with Crippen molar-refractivity contribution >= 4 is 28.9 Å². The molecule has 2 aromatic carbocycles. The molecule has 0 aliphatic rings. The Labute approximate surface area is 162 Å². The lowest BCUT2D eigenvalue weighted by atomic mass is 10.1. The van der Waals surface area contributed by atoms with Crippen LogP contribution in [0.1, 0.15) is 36.5 Å². The van der Waals surface area contributed by atoms with E-state index in [1.54, 1.807) is 19.1 Å². The predicted molar refractivity (Wildman–Crippen MR) is 107 cm³/mol. The monoisotopic (exact) mass is 382 g/mol. The number of anilines is 1. The van der Waals surface area contributed by atoms with Crippen LogP contribution in [0.5, 0.6) is 0 Å². The molecule has 146 valence electrons. The molecule has 0 saturated heterocycles. The van der Waals surface area contributed by atoms with E-state index in [4.69, 9.17) is 0 Å². The lowest BCUT2D eigenvalue weighted by Crippen LogP contribution is -2.21. The maximum atomic E-state index is 12.0. The van der Waals surface area contributed by atoms with Gasteiger partial charge in [0.25, 0.3) is 5.69 Å². The summed E-state index contributed by atoms with van der Waals surface area (Å²) in [5.41, 5.74) is 6.16. The van der Waals surface area contributed by atoms with Gasteiger partial charge in [-0.1, -0.05) is 18.2 Å². The summed E-state index contributed by atoms with van der Waals surface area (Å²) in [4.78, 5) is 34.2. The molecule has 0 radical (unpaired) electrons. The van der Waals surface area contributed by atoms with Crippen LogP contribution in [0.25, 0.3) is 0 Å². The van der Waals surface area contributed by atoms with Gasteiger partial charge in [0.1, 0.15) is 0 Å². The van der Waals surface area contributed by atoms with Gasteiger partial charge in [0.15, 0.2) is 0 Å². The summed E-state index contributed by atoms with van der Waals surface area (Å²) >= 11 is 0. The molecule has 8 heteroatoms. The molecule has 0 heterocycles. The number of hydrogen-bond acceptors (Lipinski definition) is 5. The highest BCUT2D eigenvalue weighted by atomic mass is 16.6. The average molecular weight is 382 g/mol. The van der Waals surface area contributed by atoms with Crippen molar-refractivity contribution in [3.8, 4) is 0 Å². The van der Waals surface area contributed by atoms with Gasteiger partial charge in [-0.3, -0.25) is 19.7 Å². The fourth-order valence-corrected chi connectivity index (χ4v) is 2.38. The van der Waals surface area contributed by atoms with Crippen LogP contribution in [0.3, 0.4) is 0 Å². The first kappa shape index (κ1) is 20.8. The van der Waals surface area contributed by atoms with E-state index in [1.807, 2.05) is 32.0 Å². The van der Waals surface area contributed by atoms with E-state index in [0.29, 0.717) is 17.0 Å². The summed E-state index contributed by atoms with van der Waals surface area (Å²) in [6.07, 6.45) is -0.00741. The molecule has 2 amide bonds. The van der Waals surface area contributed by atoms with Crippen LogP contribution in [0.2, 0.25) is 0 Å². The first-order chi connectivity index (χ1) is 13.3. The number of aryl methyl sites for hydroxylation is 2. The number of rotatable bonds is 7. The van der Waals surface area contributed by atoms with E-state index < -0.39 is 10.8 Å². The van der Waals surface area contributed by atoms with Crippen molar-refractivity contribution in [3.63, 3.8) is 0 Å². The molecule has 0 aliphatic heterocycles. The van der Waals surface area contributed by atoms with Crippen LogP contribution in [-0.2, 0) is 9.59 Å². The Morgan fingerprint density at radius 1 is 1.04 bits per heavy atom. The van der Waals surface area contributed by atoms with E-state index in [9.17, 15) is 19.7 Å². The summed E-state index contributed by atoms with van der Waals surface area (Å²) in [5, 5.41) is 17.5. The van der Waals surface area contributed by atoms with Crippen LogP contribution in [0.15, 0.2) is 47.6 Å². The van der Waals surface area contributed by atoms with Crippen LogP contribution in [0, 0.1) is 24.0 Å². The number of benzene rings is 2. The zero-order valence-electron chi connectivity index (χ0n) is 16.0. The molecule has 2 rings (SSSR count). The summed E-state index contributed by atoms with van der Waals surface area (Å²) in [7, 11) is 0. The Kier molecular flexibility index (Phi) is 6.97. The molecule has 0 aliphatic carbocycles. The fourth-order valence-electron chi connectivity index (χ4n) is 2.38. The third-order valence-electron chi connectivity index (χ3n) is 4.19. The molecule has 0 atom stereocenters. The highest BCUT2D eigenvalue weighted by Crippen LogP contribution is 2.15. The van der Waals surface area contributed by atoms with Gasteiger partial charge in [0, 0.05) is 36.2 Å². The largest absolute Gasteiger partial charge is 0.326 e. The summed E-state index contributed by atoms with van der Waals surface area (Å²) < 4.78 is 0. The molecule has 0 aromatic heterocycles. The van der Waals surface area contributed by atoms with Crippen molar-refractivity contribution in [1.29, 1.82) is 0 Å². The molecular formula is C20H22N4O4. The molecule has 28 heavy (non-hydrogen) atoms. The number of carbonyl (C=O) groups is 2. The number of non-ortho nitro benzene ring substituents is 1. The fraction of sp³-hybridized carbons (Fsp3) is 0.250. The zero-order chi connectivity index (χ0) is 20.7. The Hall–Kier alpha value is -3.55. The van der Waals surface area contributed by atoms with Crippen molar-refractivity contribution in [1.82, 2.24) is 5.43 Å². The Morgan fingerprint density at radius 3 is 2.43 bits per heavy atom. The SMILES string of the molecule is C/C(=N\NC(=O)CCC(=O)Nc1ccc(C)c(C)c1)c1cccc([N+](=O)[O-])c1. The topological polar surface area (TPSA) is 114 Å². The first-order valence-electron chi connectivity index (χ1n) is 8.71. The van der Waals surface area contributed by atoms with Gasteiger partial charge in [0.05, 0.1) is 10.6 Å². The minimum Gasteiger partial charge on any atom is -0.326 e. The summed E-state index contributed by atoms with van der Waals surface area (Å²) in [6.45, 7) is 5.58. The molecule has 0 spiro atoms. The van der Waals surface area contributed by atoms with Crippen molar-refractivity contribution in [2.75, 3.05) is 5.32 Å². The molecule has 0 fully saturated rings. The molecule has 8 nitrogen and oxygen atoms in total. The lowest BCUT2D eigenvalue weighted by Gasteiger charge is -2.07. The zero-order valence-corrected chi connectivity index (χ0v) is 16.0. The van der Waals surface area contributed by atoms with Crippen LogP contribution in [-0.4, -0.2) is 22.4 Å². The number of nitrogens with one attached hydrogen (secondary N) is 2. The first-order valence-corrected chi connectivity index (χ1v) is 8.71. The van der Waals surface area contributed by atoms with E-state index in [0.717, 1.165) is 11.1 Å². The molecule has 2 N–H and O–H groups in total. The molecular weight excluding hydrogens is 360 g/mol. The number of hydrazone groups is 1. The molecule has 2 aromatic rings. The molecule has 0 saturated carbocycles. The van der Waals surface area contributed by atoms with Gasteiger partial charge in [-0.2, -0.15) is 5.10 Å². The van der Waals surface area contributed by atoms with Gasteiger partial charge in [-0.05, 0) is 44.0 Å². The van der Waals surface area contributed by atoms with Crippen LogP contribution < -0.4 is 10.7 Å². The number of hydrogen-bond donors (Lipinski definition) is 2. The van der Waals surface area contributed by atoms with Gasteiger partial charge < -0.3 is 5.32 Å². The minimum absolute atomic E-state index is 0.0180. The number of nitro groups is 1. The Balaban J connectivity index is 1.85. The average Bonchev–Trinajstić information content (AvgIpc) is 2.67. The Bertz CT molecular complexity index is 938. The van der Waals surface area contributed by atoms with Gasteiger partial charge in [-0.25, -0.2) is 5.43 Å². The number of carbonyl (C=O) groups excluding carboxylic acids is 2. The van der Waals surface area contributed by atoms with Crippen molar-refractivity contribution in [3.05, 3.63) is 69.3 Å². The van der Waals surface area contributed by atoms with E-state index in [2.05, 4.69) is 15.8 Å². The molecule has 0 bridgehead atoms. The van der Waals surface area contributed by atoms with Crippen LogP contribution >= 0.6 is 0 Å². The molecule has 0 unspecified atom stereocenters. The normalized spacial score (nSPS) is 11.0. The van der Waals surface area contributed by atoms with E-state index in [-0.39, 0.29) is 24.4 Å². The number of amides is 2. The third-order valence-corrected chi connectivity index (χ3v) is 4.19. The summed E-state index contributed by atoms with van der Waals surface area (Å²) in [6, 6.07) is 11.6. The minimum atomic E-state index is -0.497. The van der Waals surface area contributed by atoms with Crippen LogP contribution in [0.4, 0.5) is 11.4 Å². The Morgan fingerprint density at radius 2 is 1.75 bits per heavy atom. The third kappa shape index (κ3) is 6.01. The second-order valence-corrected chi connectivity index (χ2v) is 6.39. The van der Waals surface area contributed by atoms with Crippen molar-refractivity contribution in [2.45, 2.75) is 33.6 Å². The number of nitro benzene ring substituents is 1. The van der Waals surface area contributed by atoms with Crippen molar-refractivity contribution < 1.29 is 14.5 Å². The second-order valence-electron chi connectivity index (χ2n) is 6.39. The number of nitrogens with zero attached hydrogens (tertiary/aromatic N) is 2. The van der Waals surface area contributed by atoms with Gasteiger partial charge in [-0.15, -0.1) is 0 Å². The quantitative estimate of drug-likeness (QED) is 0.433. The second kappa shape index (κ2) is 9.40.